The zero-order valence-corrected chi connectivity index (χ0v) is 11.3. The highest BCUT2D eigenvalue weighted by Gasteiger charge is 2.20. The Morgan fingerprint density at radius 1 is 1.68 bits per heavy atom. The zero-order valence-electron chi connectivity index (χ0n) is 10.5. The largest absolute Gasteiger partial charge is 0.481 e. The Kier molecular flexibility index (Phi) is 4.55. The van der Waals surface area contributed by atoms with Crippen LogP contribution in [0.3, 0.4) is 0 Å². The fourth-order valence-corrected chi connectivity index (χ4v) is 2.19. The molecule has 1 atom stereocenters. The van der Waals surface area contributed by atoms with Crippen molar-refractivity contribution in [3.63, 3.8) is 0 Å². The van der Waals surface area contributed by atoms with Gasteiger partial charge in [-0.2, -0.15) is 0 Å². The lowest BCUT2D eigenvalue weighted by Gasteiger charge is -2.13. The van der Waals surface area contributed by atoms with Gasteiger partial charge in [0.15, 0.2) is 0 Å². The van der Waals surface area contributed by atoms with Crippen LogP contribution in [-0.4, -0.2) is 30.6 Å². The van der Waals surface area contributed by atoms with Crippen molar-refractivity contribution in [1.82, 2.24) is 15.6 Å². The summed E-state index contributed by atoms with van der Waals surface area (Å²) in [7, 11) is 1.42. The number of carbonyl (C=O) groups excluding carboxylic acids is 1. The average Bonchev–Trinajstić information content (AvgIpc) is 2.77. The lowest BCUT2D eigenvalue weighted by atomic mass is 10.2. The molecule has 1 aromatic heterocycles. The number of halogens is 2. The Morgan fingerprint density at radius 2 is 2.47 bits per heavy atom. The quantitative estimate of drug-likeness (QED) is 0.800. The van der Waals surface area contributed by atoms with E-state index in [4.69, 9.17) is 16.3 Å². The van der Waals surface area contributed by atoms with Crippen molar-refractivity contribution < 1.29 is 13.9 Å². The first-order valence-electron chi connectivity index (χ1n) is 5.99. The molecule has 104 valence electrons. The maximum atomic E-state index is 13.7. The molecule has 0 bridgehead atoms. The van der Waals surface area contributed by atoms with Crippen LogP contribution in [0.4, 0.5) is 4.39 Å². The molecule has 1 aliphatic heterocycles. The van der Waals surface area contributed by atoms with Gasteiger partial charge in [-0.3, -0.25) is 4.79 Å². The molecule has 0 spiro atoms. The van der Waals surface area contributed by atoms with Crippen molar-refractivity contribution in [1.29, 1.82) is 0 Å². The van der Waals surface area contributed by atoms with Gasteiger partial charge in [-0.25, -0.2) is 9.37 Å². The third-order valence-corrected chi connectivity index (χ3v) is 3.17. The lowest BCUT2D eigenvalue weighted by molar-refractivity contribution is -0.119. The normalized spacial score (nSPS) is 18.5. The van der Waals surface area contributed by atoms with E-state index in [2.05, 4.69) is 15.6 Å². The molecule has 1 aliphatic rings. The molecule has 1 amide bonds. The molecule has 19 heavy (non-hydrogen) atoms. The smallest absolute Gasteiger partial charge is 0.222 e. The van der Waals surface area contributed by atoms with E-state index in [9.17, 15) is 9.18 Å². The van der Waals surface area contributed by atoms with Crippen molar-refractivity contribution in [2.75, 3.05) is 13.7 Å². The van der Waals surface area contributed by atoms with Crippen LogP contribution in [0.25, 0.3) is 0 Å². The molecule has 1 fully saturated rings. The third-order valence-electron chi connectivity index (χ3n) is 2.97. The van der Waals surface area contributed by atoms with E-state index in [-0.39, 0.29) is 29.5 Å². The van der Waals surface area contributed by atoms with Gasteiger partial charge in [-0.15, -0.1) is 0 Å². The van der Waals surface area contributed by atoms with Crippen LogP contribution in [0.1, 0.15) is 18.4 Å². The van der Waals surface area contributed by atoms with Crippen LogP contribution in [0, 0.1) is 5.82 Å². The summed E-state index contributed by atoms with van der Waals surface area (Å²) in [5.41, 5.74) is 0.330. The van der Waals surface area contributed by atoms with Crippen molar-refractivity contribution in [2.24, 2.45) is 0 Å². The average molecular weight is 288 g/mol. The first kappa shape index (κ1) is 14.0. The van der Waals surface area contributed by atoms with Crippen molar-refractivity contribution in [2.45, 2.75) is 25.4 Å². The molecule has 2 heterocycles. The second kappa shape index (κ2) is 6.16. The summed E-state index contributed by atoms with van der Waals surface area (Å²) in [6.07, 6.45) is 1.34. The summed E-state index contributed by atoms with van der Waals surface area (Å²) >= 11 is 5.66. The fraction of sp³-hybridized carbons (Fsp3) is 0.500. The summed E-state index contributed by atoms with van der Waals surface area (Å²) in [4.78, 5) is 14.9. The number of pyridine rings is 1. The SMILES string of the molecule is COc1nc(Cl)cc(F)c1CNC[C@@H]1CCC(=O)N1. The molecule has 0 unspecified atom stereocenters. The standard InChI is InChI=1S/C12H15ClFN3O2/c1-19-12-8(9(14)4-10(13)17-12)6-15-5-7-2-3-11(18)16-7/h4,7,15H,2-3,5-6H2,1H3,(H,16,18)/t7-/m0/s1. The van der Waals surface area contributed by atoms with Gasteiger partial charge in [0.1, 0.15) is 11.0 Å². The number of ether oxygens (including phenoxy) is 1. The molecule has 2 N–H and O–H groups in total. The highest BCUT2D eigenvalue weighted by molar-refractivity contribution is 6.29. The summed E-state index contributed by atoms with van der Waals surface area (Å²) in [5.74, 6) is -0.225. The summed E-state index contributed by atoms with van der Waals surface area (Å²) in [5, 5.41) is 5.97. The second-order valence-corrected chi connectivity index (χ2v) is 4.74. The number of amides is 1. The number of nitrogens with one attached hydrogen (secondary N) is 2. The zero-order chi connectivity index (χ0) is 13.8. The van der Waals surface area contributed by atoms with Crippen LogP contribution < -0.4 is 15.4 Å². The van der Waals surface area contributed by atoms with Crippen molar-refractivity contribution in [3.05, 3.63) is 22.6 Å². The van der Waals surface area contributed by atoms with Gasteiger partial charge in [-0.1, -0.05) is 11.6 Å². The Balaban J connectivity index is 1.93. The predicted molar refractivity (Wildman–Crippen MR) is 68.6 cm³/mol. The summed E-state index contributed by atoms with van der Waals surface area (Å²) in [6.45, 7) is 0.850. The van der Waals surface area contributed by atoms with E-state index in [1.807, 2.05) is 0 Å². The van der Waals surface area contributed by atoms with Gasteiger partial charge in [0.2, 0.25) is 11.8 Å². The second-order valence-electron chi connectivity index (χ2n) is 4.35. The number of aromatic nitrogens is 1. The van der Waals surface area contributed by atoms with E-state index in [0.29, 0.717) is 18.5 Å². The van der Waals surface area contributed by atoms with E-state index in [1.165, 1.54) is 7.11 Å². The first-order valence-corrected chi connectivity index (χ1v) is 6.37. The van der Waals surface area contributed by atoms with Crippen LogP contribution in [0.2, 0.25) is 5.15 Å². The van der Waals surface area contributed by atoms with E-state index in [1.54, 1.807) is 0 Å². The maximum absolute atomic E-state index is 13.7. The van der Waals surface area contributed by atoms with Crippen molar-refractivity contribution >= 4 is 17.5 Å². The number of nitrogens with zero attached hydrogens (tertiary/aromatic N) is 1. The van der Waals surface area contributed by atoms with Crippen molar-refractivity contribution in [3.8, 4) is 5.88 Å². The van der Waals surface area contributed by atoms with Gasteiger partial charge in [0.25, 0.3) is 0 Å². The monoisotopic (exact) mass is 287 g/mol. The Hall–Kier alpha value is -1.40. The van der Waals surface area contributed by atoms with Crippen LogP contribution in [0.5, 0.6) is 5.88 Å². The molecule has 7 heteroatoms. The summed E-state index contributed by atoms with van der Waals surface area (Å²) < 4.78 is 18.7. The van der Waals surface area contributed by atoms with Crippen LogP contribution in [-0.2, 0) is 11.3 Å². The van der Waals surface area contributed by atoms with Gasteiger partial charge < -0.3 is 15.4 Å². The van der Waals surface area contributed by atoms with Gasteiger partial charge in [0, 0.05) is 31.6 Å². The highest BCUT2D eigenvalue weighted by Crippen LogP contribution is 2.22. The van der Waals surface area contributed by atoms with E-state index in [0.717, 1.165) is 12.5 Å². The van der Waals surface area contributed by atoms with Crippen LogP contribution >= 0.6 is 11.6 Å². The minimum Gasteiger partial charge on any atom is -0.481 e. The molecule has 0 radical (unpaired) electrons. The molecule has 1 saturated heterocycles. The fourth-order valence-electron chi connectivity index (χ4n) is 2.02. The molecular formula is C12H15ClFN3O2. The Bertz CT molecular complexity index is 484. The molecule has 2 rings (SSSR count). The summed E-state index contributed by atoms with van der Waals surface area (Å²) in [6, 6.07) is 1.25. The van der Waals surface area contributed by atoms with E-state index < -0.39 is 5.82 Å². The minimum atomic E-state index is -0.459. The minimum absolute atomic E-state index is 0.0566. The predicted octanol–water partition coefficient (Wildman–Crippen LogP) is 1.25. The molecule has 5 nitrogen and oxygen atoms in total. The Labute approximate surface area is 115 Å². The van der Waals surface area contributed by atoms with Gasteiger partial charge >= 0.3 is 0 Å². The lowest BCUT2D eigenvalue weighted by Crippen LogP contribution is -2.35. The number of rotatable bonds is 5. The number of carbonyl (C=O) groups is 1. The molecule has 0 aromatic carbocycles. The van der Waals surface area contributed by atoms with Gasteiger partial charge in [-0.05, 0) is 6.42 Å². The molecule has 0 aliphatic carbocycles. The number of hydrogen-bond donors (Lipinski definition) is 2. The topological polar surface area (TPSA) is 63.2 Å². The molecule has 0 saturated carbocycles. The number of methoxy groups -OCH3 is 1. The first-order chi connectivity index (χ1) is 9.10. The van der Waals surface area contributed by atoms with Gasteiger partial charge in [0.05, 0.1) is 12.7 Å². The Morgan fingerprint density at radius 3 is 3.11 bits per heavy atom. The highest BCUT2D eigenvalue weighted by atomic mass is 35.5. The van der Waals surface area contributed by atoms with E-state index >= 15 is 0 Å². The molecular weight excluding hydrogens is 273 g/mol. The number of hydrogen-bond acceptors (Lipinski definition) is 4. The maximum Gasteiger partial charge on any atom is 0.222 e. The molecule has 1 aromatic rings. The van der Waals surface area contributed by atoms with Crippen LogP contribution in [0.15, 0.2) is 6.07 Å². The third kappa shape index (κ3) is 3.54.